The lowest BCUT2D eigenvalue weighted by molar-refractivity contribution is 0.630. The molecule has 0 saturated heterocycles. The molecule has 1 nitrogen and oxygen atoms in total. The summed E-state index contributed by atoms with van der Waals surface area (Å²) in [6.45, 7) is 0. The second kappa shape index (κ2) is 3.24. The van der Waals surface area contributed by atoms with Gasteiger partial charge in [-0.25, -0.2) is 4.39 Å². The van der Waals surface area contributed by atoms with Crippen LogP contribution in [0, 0.1) is 5.82 Å². The largest absolute Gasteiger partial charge is 0.253 e. The van der Waals surface area contributed by atoms with Crippen molar-refractivity contribution in [2.45, 2.75) is 0 Å². The molecule has 0 radical (unpaired) electrons. The van der Waals surface area contributed by atoms with Gasteiger partial charge in [-0.3, -0.25) is 4.98 Å². The third-order valence-electron chi connectivity index (χ3n) is 1.73. The van der Waals surface area contributed by atoms with Crippen molar-refractivity contribution >= 4 is 38.4 Å². The van der Waals surface area contributed by atoms with Crippen LogP contribution in [0.4, 0.5) is 4.39 Å². The average molecular weight is 260 g/mol. The summed E-state index contributed by atoms with van der Waals surface area (Å²) in [5.41, 5.74) is 0.332. The van der Waals surface area contributed by atoms with Crippen LogP contribution >= 0.6 is 27.5 Å². The van der Waals surface area contributed by atoms with E-state index < -0.39 is 5.82 Å². The minimum Gasteiger partial charge on any atom is -0.253 e. The minimum atomic E-state index is -0.414. The fourth-order valence-electron chi connectivity index (χ4n) is 1.13. The van der Waals surface area contributed by atoms with E-state index in [9.17, 15) is 4.39 Å². The Hall–Kier alpha value is -0.670. The summed E-state index contributed by atoms with van der Waals surface area (Å²) in [6, 6.07) is 5.19. The highest BCUT2D eigenvalue weighted by atomic mass is 79.9. The predicted molar refractivity (Wildman–Crippen MR) is 54.4 cm³/mol. The van der Waals surface area contributed by atoms with Gasteiger partial charge in [0, 0.05) is 11.6 Å². The maximum absolute atomic E-state index is 13.5. The van der Waals surface area contributed by atoms with E-state index in [0.29, 0.717) is 15.9 Å². The molecular formula is C9H4BrClFN. The number of benzene rings is 1. The highest BCUT2D eigenvalue weighted by molar-refractivity contribution is 9.10. The van der Waals surface area contributed by atoms with E-state index >= 15 is 0 Å². The van der Waals surface area contributed by atoms with Gasteiger partial charge >= 0.3 is 0 Å². The van der Waals surface area contributed by atoms with Gasteiger partial charge in [0.15, 0.2) is 5.82 Å². The van der Waals surface area contributed by atoms with Crippen molar-refractivity contribution in [3.63, 3.8) is 0 Å². The molecule has 2 rings (SSSR count). The second-order valence-corrected chi connectivity index (χ2v) is 3.76. The van der Waals surface area contributed by atoms with Crippen LogP contribution in [0.25, 0.3) is 10.9 Å². The Bertz CT molecular complexity index is 472. The Balaban J connectivity index is 2.94. The van der Waals surface area contributed by atoms with Crippen LogP contribution < -0.4 is 0 Å². The van der Waals surface area contributed by atoms with Crippen molar-refractivity contribution in [2.24, 2.45) is 0 Å². The molecule has 0 amide bonds. The zero-order chi connectivity index (χ0) is 9.42. The Kier molecular flexibility index (Phi) is 2.22. The number of hydrogen-bond donors (Lipinski definition) is 0. The Labute approximate surface area is 87.7 Å². The van der Waals surface area contributed by atoms with Gasteiger partial charge in [0.2, 0.25) is 0 Å². The van der Waals surface area contributed by atoms with E-state index in [1.54, 1.807) is 24.4 Å². The molecule has 66 valence electrons. The molecule has 0 N–H and O–H groups in total. The highest BCUT2D eigenvalue weighted by Crippen LogP contribution is 2.30. The number of fused-ring (bicyclic) bond motifs is 1. The van der Waals surface area contributed by atoms with Crippen LogP contribution in [0.15, 0.2) is 28.9 Å². The molecule has 0 aliphatic heterocycles. The third-order valence-corrected chi connectivity index (χ3v) is 3.03. The molecule has 2 aromatic rings. The molecule has 13 heavy (non-hydrogen) atoms. The number of pyridine rings is 1. The zero-order valence-corrected chi connectivity index (χ0v) is 8.73. The van der Waals surface area contributed by atoms with Crippen molar-refractivity contribution in [1.82, 2.24) is 4.98 Å². The molecule has 0 saturated carbocycles. The van der Waals surface area contributed by atoms with Gasteiger partial charge < -0.3 is 0 Å². The summed E-state index contributed by atoms with van der Waals surface area (Å²) >= 11 is 8.83. The quantitative estimate of drug-likeness (QED) is 0.657. The Morgan fingerprint density at radius 3 is 3.00 bits per heavy atom. The maximum atomic E-state index is 13.5. The zero-order valence-electron chi connectivity index (χ0n) is 6.39. The molecule has 0 bridgehead atoms. The molecule has 1 heterocycles. The van der Waals surface area contributed by atoms with Crippen molar-refractivity contribution in [2.75, 3.05) is 0 Å². The summed E-state index contributed by atoms with van der Waals surface area (Å²) in [6.07, 6.45) is 1.55. The van der Waals surface area contributed by atoms with Crippen LogP contribution in [-0.4, -0.2) is 4.98 Å². The Morgan fingerprint density at radius 1 is 1.46 bits per heavy atom. The minimum absolute atomic E-state index is 0.264. The van der Waals surface area contributed by atoms with E-state index in [4.69, 9.17) is 11.6 Å². The van der Waals surface area contributed by atoms with Crippen molar-refractivity contribution < 1.29 is 4.39 Å². The fraction of sp³-hybridized carbons (Fsp3) is 0. The van der Waals surface area contributed by atoms with Gasteiger partial charge in [0.05, 0.1) is 9.50 Å². The van der Waals surface area contributed by atoms with Gasteiger partial charge in [-0.1, -0.05) is 17.7 Å². The van der Waals surface area contributed by atoms with Crippen LogP contribution in [0.2, 0.25) is 5.02 Å². The lowest BCUT2D eigenvalue weighted by atomic mass is 10.2. The van der Waals surface area contributed by atoms with Gasteiger partial charge in [-0.15, -0.1) is 0 Å². The summed E-state index contributed by atoms with van der Waals surface area (Å²) in [7, 11) is 0. The standard InChI is InChI=1S/C9H4BrClFN/c10-7-6(11)4-5-2-1-3-13-9(5)8(7)12/h1-4H. The first-order valence-electron chi connectivity index (χ1n) is 3.58. The van der Waals surface area contributed by atoms with Crippen LogP contribution in [0.5, 0.6) is 0 Å². The summed E-state index contributed by atoms with van der Waals surface area (Å²) < 4.78 is 13.7. The first-order valence-corrected chi connectivity index (χ1v) is 4.75. The van der Waals surface area contributed by atoms with Crippen molar-refractivity contribution in [3.05, 3.63) is 39.7 Å². The lowest BCUT2D eigenvalue weighted by Gasteiger charge is -2.01. The topological polar surface area (TPSA) is 12.9 Å². The average Bonchev–Trinajstić information content (AvgIpc) is 2.15. The first-order chi connectivity index (χ1) is 6.20. The smallest absolute Gasteiger partial charge is 0.165 e. The van der Waals surface area contributed by atoms with E-state index in [0.717, 1.165) is 0 Å². The fourth-order valence-corrected chi connectivity index (χ4v) is 1.63. The normalized spacial score (nSPS) is 10.7. The number of hydrogen-bond acceptors (Lipinski definition) is 1. The van der Waals surface area contributed by atoms with Gasteiger partial charge in [-0.2, -0.15) is 0 Å². The molecule has 0 aliphatic rings. The van der Waals surface area contributed by atoms with Crippen molar-refractivity contribution in [3.8, 4) is 0 Å². The molecule has 1 aromatic carbocycles. The van der Waals surface area contributed by atoms with E-state index in [1.807, 2.05) is 0 Å². The first kappa shape index (κ1) is 8.91. The van der Waals surface area contributed by atoms with E-state index in [-0.39, 0.29) is 4.47 Å². The number of nitrogens with zero attached hydrogens (tertiary/aromatic N) is 1. The molecule has 4 heteroatoms. The second-order valence-electron chi connectivity index (χ2n) is 2.56. The number of halogens is 3. The van der Waals surface area contributed by atoms with Crippen LogP contribution in [0.3, 0.4) is 0 Å². The summed E-state index contributed by atoms with van der Waals surface area (Å²) in [5.74, 6) is -0.414. The maximum Gasteiger partial charge on any atom is 0.165 e. The van der Waals surface area contributed by atoms with Gasteiger partial charge in [-0.05, 0) is 28.1 Å². The summed E-state index contributed by atoms with van der Waals surface area (Å²) in [5, 5.41) is 1.06. The predicted octanol–water partition coefficient (Wildman–Crippen LogP) is 3.79. The summed E-state index contributed by atoms with van der Waals surface area (Å²) in [4.78, 5) is 3.92. The van der Waals surface area contributed by atoms with Gasteiger partial charge in [0.1, 0.15) is 5.52 Å². The molecule has 0 atom stereocenters. The van der Waals surface area contributed by atoms with Crippen molar-refractivity contribution in [1.29, 1.82) is 0 Å². The van der Waals surface area contributed by atoms with E-state index in [2.05, 4.69) is 20.9 Å². The van der Waals surface area contributed by atoms with E-state index in [1.165, 1.54) is 0 Å². The molecule has 0 aliphatic carbocycles. The molecule has 0 spiro atoms. The van der Waals surface area contributed by atoms with Crippen LogP contribution in [-0.2, 0) is 0 Å². The third kappa shape index (κ3) is 1.42. The SMILES string of the molecule is Fc1c(Br)c(Cl)cc2cccnc12. The number of rotatable bonds is 0. The molecule has 0 fully saturated rings. The Morgan fingerprint density at radius 2 is 2.23 bits per heavy atom. The van der Waals surface area contributed by atoms with Crippen LogP contribution in [0.1, 0.15) is 0 Å². The lowest BCUT2D eigenvalue weighted by Crippen LogP contribution is -1.86. The van der Waals surface area contributed by atoms with Gasteiger partial charge in [0.25, 0.3) is 0 Å². The highest BCUT2D eigenvalue weighted by Gasteiger charge is 2.09. The molecule has 1 aromatic heterocycles. The number of aromatic nitrogens is 1. The molecular weight excluding hydrogens is 256 g/mol. The monoisotopic (exact) mass is 259 g/mol. The molecule has 0 unspecified atom stereocenters.